The van der Waals surface area contributed by atoms with Crippen LogP contribution in [0.25, 0.3) is 0 Å². The first-order valence-corrected chi connectivity index (χ1v) is 5.84. The molecule has 2 rings (SSSR count). The van der Waals surface area contributed by atoms with Gasteiger partial charge in [-0.25, -0.2) is 0 Å². The fourth-order valence-electron chi connectivity index (χ4n) is 1.90. The average Bonchev–Trinajstić information content (AvgIpc) is 2.38. The van der Waals surface area contributed by atoms with Crippen molar-refractivity contribution in [3.63, 3.8) is 0 Å². The summed E-state index contributed by atoms with van der Waals surface area (Å²) in [5.41, 5.74) is 0.453. The number of carbonyl (C=O) groups excluding carboxylic acids is 1. The summed E-state index contributed by atoms with van der Waals surface area (Å²) >= 11 is 0. The molecule has 1 amide bonds. The summed E-state index contributed by atoms with van der Waals surface area (Å²) in [4.78, 5) is 28.5. The molecule has 2 unspecified atom stereocenters. The number of hydrogen-bond acceptors (Lipinski definition) is 5. The van der Waals surface area contributed by atoms with Gasteiger partial charge in [0.1, 0.15) is 11.9 Å². The molecule has 0 fully saturated rings. The minimum atomic E-state index is -0.857. The third kappa shape index (κ3) is 2.59. The molecule has 0 spiro atoms. The number of fused-ring (bicyclic) bond motifs is 1. The van der Waals surface area contributed by atoms with Crippen LogP contribution in [0.3, 0.4) is 0 Å². The highest BCUT2D eigenvalue weighted by Gasteiger charge is 2.32. The molecule has 7 nitrogen and oxygen atoms in total. The van der Waals surface area contributed by atoms with E-state index in [1.165, 1.54) is 4.90 Å². The number of rotatable bonds is 4. The van der Waals surface area contributed by atoms with E-state index < -0.39 is 17.2 Å². The van der Waals surface area contributed by atoms with E-state index >= 15 is 0 Å². The summed E-state index contributed by atoms with van der Waals surface area (Å²) < 4.78 is 5.46. The van der Waals surface area contributed by atoms with Crippen molar-refractivity contribution < 1.29 is 19.5 Å². The lowest BCUT2D eigenvalue weighted by atomic mass is 10.1. The number of ether oxygens (including phenoxy) is 1. The lowest BCUT2D eigenvalue weighted by Gasteiger charge is -2.35. The summed E-state index contributed by atoms with van der Waals surface area (Å²) in [5.74, 6) is 0.312. The molecule has 7 heteroatoms. The average molecular weight is 266 g/mol. The highest BCUT2D eigenvalue weighted by Crippen LogP contribution is 2.26. The fourth-order valence-corrected chi connectivity index (χ4v) is 1.90. The maximum absolute atomic E-state index is 12.3. The Labute approximate surface area is 109 Å². The molecule has 0 saturated carbocycles. The molecule has 1 aromatic rings. The molecule has 102 valence electrons. The first-order chi connectivity index (χ1) is 9.00. The highest BCUT2D eigenvalue weighted by molar-refractivity contribution is 5.97. The van der Waals surface area contributed by atoms with Gasteiger partial charge in [-0.2, -0.15) is 0 Å². The lowest BCUT2D eigenvalue weighted by Crippen LogP contribution is -2.49. The summed E-state index contributed by atoms with van der Waals surface area (Å²) in [5, 5.41) is 9.47. The number of nitrogens with zero attached hydrogens (tertiary/aromatic N) is 2. The molecule has 0 N–H and O–H groups in total. The van der Waals surface area contributed by atoms with E-state index in [2.05, 4.69) is 4.84 Å². The molecule has 0 radical (unpaired) electrons. The van der Waals surface area contributed by atoms with Crippen molar-refractivity contribution in [3.8, 4) is 5.75 Å². The van der Waals surface area contributed by atoms with Crippen LogP contribution in [-0.4, -0.2) is 34.8 Å². The van der Waals surface area contributed by atoms with E-state index in [9.17, 15) is 14.9 Å². The fraction of sp³-hybridized carbons (Fsp3) is 0.417. The number of carbonyl (C=O) groups is 1. The van der Waals surface area contributed by atoms with Crippen molar-refractivity contribution in [1.29, 1.82) is 0 Å². The van der Waals surface area contributed by atoms with Gasteiger partial charge in [-0.15, -0.1) is 10.1 Å². The molecule has 19 heavy (non-hydrogen) atoms. The molecule has 1 aromatic carbocycles. The maximum atomic E-state index is 12.3. The molecule has 1 aliphatic heterocycles. The zero-order valence-corrected chi connectivity index (χ0v) is 10.6. The number of benzene rings is 1. The van der Waals surface area contributed by atoms with Gasteiger partial charge in [-0.05, 0) is 26.0 Å². The van der Waals surface area contributed by atoms with Crippen molar-refractivity contribution in [1.82, 2.24) is 4.90 Å². The lowest BCUT2D eigenvalue weighted by molar-refractivity contribution is -0.768. The third-order valence-electron chi connectivity index (χ3n) is 3.16. The predicted molar refractivity (Wildman–Crippen MR) is 65.1 cm³/mol. The Hall–Kier alpha value is -2.31. The van der Waals surface area contributed by atoms with Crippen LogP contribution in [0.15, 0.2) is 24.3 Å². The predicted octanol–water partition coefficient (Wildman–Crippen LogP) is 1.46. The van der Waals surface area contributed by atoms with Crippen LogP contribution in [0.4, 0.5) is 0 Å². The van der Waals surface area contributed by atoms with Crippen molar-refractivity contribution in [2.45, 2.75) is 26.0 Å². The van der Waals surface area contributed by atoms with Crippen LogP contribution < -0.4 is 4.74 Å². The van der Waals surface area contributed by atoms with Gasteiger partial charge in [0, 0.05) is 0 Å². The minimum Gasteiger partial charge on any atom is -0.472 e. The molecule has 0 bridgehead atoms. The van der Waals surface area contributed by atoms with Crippen LogP contribution in [-0.2, 0) is 4.84 Å². The molecule has 1 aliphatic rings. The number of hydrogen-bond donors (Lipinski definition) is 0. The molecular formula is C12H14N2O5. The van der Waals surface area contributed by atoms with Crippen molar-refractivity contribution in [2.75, 3.05) is 6.73 Å². The summed E-state index contributed by atoms with van der Waals surface area (Å²) in [6.45, 7) is 3.28. The van der Waals surface area contributed by atoms with E-state index in [1.54, 1.807) is 38.1 Å². The van der Waals surface area contributed by atoms with Crippen molar-refractivity contribution in [3.05, 3.63) is 39.9 Å². The molecule has 0 aliphatic carbocycles. The van der Waals surface area contributed by atoms with Gasteiger partial charge in [0.25, 0.3) is 11.0 Å². The maximum Gasteiger partial charge on any atom is 0.294 e. The third-order valence-corrected chi connectivity index (χ3v) is 3.16. The smallest absolute Gasteiger partial charge is 0.294 e. The standard InChI is InChI=1S/C12H14N2O5/c1-8(9(2)19-14(16)17)13-7-18-11-6-4-3-5-10(11)12(13)15/h3-6,8-9H,7H2,1-2H3. The second-order valence-corrected chi connectivity index (χ2v) is 4.32. The summed E-state index contributed by atoms with van der Waals surface area (Å²) in [6.07, 6.45) is -0.729. The normalized spacial score (nSPS) is 17.2. The van der Waals surface area contributed by atoms with Crippen molar-refractivity contribution >= 4 is 5.91 Å². The van der Waals surface area contributed by atoms with E-state index in [4.69, 9.17) is 4.74 Å². The van der Waals surface area contributed by atoms with E-state index in [0.29, 0.717) is 11.3 Å². The Kier molecular flexibility index (Phi) is 3.55. The quantitative estimate of drug-likeness (QED) is 0.608. The van der Waals surface area contributed by atoms with Crippen LogP contribution in [0.1, 0.15) is 24.2 Å². The summed E-state index contributed by atoms with van der Waals surface area (Å²) in [6, 6.07) is 6.43. The van der Waals surface area contributed by atoms with Gasteiger partial charge >= 0.3 is 0 Å². The van der Waals surface area contributed by atoms with E-state index in [0.717, 1.165) is 0 Å². The molecule has 0 saturated heterocycles. The second kappa shape index (κ2) is 5.13. The van der Waals surface area contributed by atoms with Gasteiger partial charge in [0.15, 0.2) is 6.73 Å². The molecule has 0 aromatic heterocycles. The van der Waals surface area contributed by atoms with Gasteiger partial charge in [0.2, 0.25) is 0 Å². The second-order valence-electron chi connectivity index (χ2n) is 4.32. The molecule has 1 heterocycles. The minimum absolute atomic E-state index is 0.0580. The van der Waals surface area contributed by atoms with Crippen LogP contribution in [0.2, 0.25) is 0 Å². The number of para-hydroxylation sites is 1. The van der Waals surface area contributed by atoms with Crippen molar-refractivity contribution in [2.24, 2.45) is 0 Å². The topological polar surface area (TPSA) is 81.9 Å². The van der Waals surface area contributed by atoms with Gasteiger partial charge in [-0.1, -0.05) is 12.1 Å². The SMILES string of the molecule is CC(O[N+](=O)[O-])C(C)N1COc2ccccc2C1=O. The Bertz CT molecular complexity index is 505. The first kappa shape index (κ1) is 13.1. The Morgan fingerprint density at radius 3 is 2.79 bits per heavy atom. The highest BCUT2D eigenvalue weighted by atomic mass is 17.0. The van der Waals surface area contributed by atoms with E-state index in [-0.39, 0.29) is 12.6 Å². The van der Waals surface area contributed by atoms with Gasteiger partial charge < -0.3 is 14.5 Å². The van der Waals surface area contributed by atoms with Gasteiger partial charge in [0.05, 0.1) is 11.6 Å². The number of amides is 1. The molecular weight excluding hydrogens is 252 g/mol. The Balaban J connectivity index is 2.15. The summed E-state index contributed by atoms with van der Waals surface area (Å²) in [7, 11) is 0. The molecule has 2 atom stereocenters. The van der Waals surface area contributed by atoms with Crippen LogP contribution in [0.5, 0.6) is 5.75 Å². The van der Waals surface area contributed by atoms with Gasteiger partial charge in [-0.3, -0.25) is 4.79 Å². The Morgan fingerprint density at radius 1 is 1.42 bits per heavy atom. The van der Waals surface area contributed by atoms with Crippen LogP contribution >= 0.6 is 0 Å². The zero-order valence-electron chi connectivity index (χ0n) is 10.6. The Morgan fingerprint density at radius 2 is 2.11 bits per heavy atom. The largest absolute Gasteiger partial charge is 0.472 e. The zero-order chi connectivity index (χ0) is 14.0. The van der Waals surface area contributed by atoms with E-state index in [1.807, 2.05) is 0 Å². The van der Waals surface area contributed by atoms with Crippen LogP contribution in [0, 0.1) is 10.1 Å². The monoisotopic (exact) mass is 266 g/mol. The first-order valence-electron chi connectivity index (χ1n) is 5.84.